The van der Waals surface area contributed by atoms with Gasteiger partial charge in [-0.05, 0) is 0 Å². The molecule has 18 heavy (non-hydrogen) atoms. The zero-order valence-electron chi connectivity index (χ0n) is 8.95. The Morgan fingerprint density at radius 2 is 0.944 bits per heavy atom. The van der Waals surface area contributed by atoms with Crippen molar-refractivity contribution in [1.82, 2.24) is 0 Å². The van der Waals surface area contributed by atoms with Crippen molar-refractivity contribution in [1.29, 1.82) is 0 Å². The van der Waals surface area contributed by atoms with E-state index in [1.807, 2.05) is 0 Å². The summed E-state index contributed by atoms with van der Waals surface area (Å²) in [6.45, 7) is 1.00. The first kappa shape index (κ1) is 18.7. The molecule has 12 heteroatoms. The van der Waals surface area contributed by atoms with Crippen molar-refractivity contribution >= 4 is 0 Å². The van der Waals surface area contributed by atoms with Crippen LogP contribution in [0.1, 0.15) is 13.8 Å². The van der Waals surface area contributed by atoms with Crippen LogP contribution in [-0.2, 0) is 0 Å². The quantitative estimate of drug-likeness (QED) is 0.443. The summed E-state index contributed by atoms with van der Waals surface area (Å²) in [6.07, 6.45) is -9.44. The molecule has 0 aliphatic rings. The van der Waals surface area contributed by atoms with Gasteiger partial charge >= 0.3 is 24.4 Å². The Morgan fingerprint density at radius 1 is 0.778 bits per heavy atom. The summed E-state index contributed by atoms with van der Waals surface area (Å²) < 4.78 is 67.5. The van der Waals surface area contributed by atoms with E-state index in [1.54, 1.807) is 0 Å². The van der Waals surface area contributed by atoms with E-state index in [0.717, 1.165) is 0 Å². The fraction of sp³-hybridized carbons (Fsp3) is 1.00. The van der Waals surface area contributed by atoms with E-state index in [2.05, 4.69) is 0 Å². The van der Waals surface area contributed by atoms with Gasteiger partial charge in [0.05, 0.1) is 0 Å². The number of rotatable bonds is 2. The van der Waals surface area contributed by atoms with Crippen LogP contribution in [0.15, 0.2) is 0 Å². The highest BCUT2D eigenvalue weighted by atomic mass is 19.4. The number of hydrogen-bond acceptors (Lipinski definition) is 4. The Bertz CT molecular complexity index is 271. The smallest absolute Gasteiger partial charge is 0.264 e. The summed E-state index contributed by atoms with van der Waals surface area (Å²) in [4.78, 5) is 16.1. The van der Waals surface area contributed by atoms with Crippen molar-refractivity contribution in [3.05, 3.63) is 20.2 Å². The largest absolute Gasteiger partial charge is 0.457 e. The van der Waals surface area contributed by atoms with Gasteiger partial charge in [0.25, 0.3) is 0 Å². The zero-order valence-corrected chi connectivity index (χ0v) is 8.95. The van der Waals surface area contributed by atoms with Crippen LogP contribution < -0.4 is 0 Å². The summed E-state index contributed by atoms with van der Waals surface area (Å²) >= 11 is 0. The van der Waals surface area contributed by atoms with E-state index in [9.17, 15) is 46.6 Å². The number of nitrogens with zero attached hydrogens (tertiary/aromatic N) is 2. The lowest BCUT2D eigenvalue weighted by Crippen LogP contribution is -2.32. The minimum absolute atomic E-state index is 0.500. The molecule has 2 atom stereocenters. The van der Waals surface area contributed by atoms with Gasteiger partial charge in [0, 0.05) is 23.7 Å². The maximum atomic E-state index is 11.3. The number of halogens is 6. The monoisotopic (exact) mass is 286 g/mol. The molecular weight excluding hydrogens is 278 g/mol. The molecule has 6 nitrogen and oxygen atoms in total. The summed E-state index contributed by atoms with van der Waals surface area (Å²) in [5.74, 6) is 0. The van der Waals surface area contributed by atoms with Crippen molar-refractivity contribution in [2.24, 2.45) is 0 Å². The number of nitro groups is 2. The normalized spacial score (nSPS) is 15.1. The second kappa shape index (κ2) is 6.35. The van der Waals surface area contributed by atoms with Crippen LogP contribution in [-0.4, -0.2) is 34.3 Å². The highest BCUT2D eigenvalue weighted by Gasteiger charge is 2.46. The third kappa shape index (κ3) is 7.62. The molecule has 0 rings (SSSR count). The van der Waals surface area contributed by atoms with Crippen LogP contribution >= 0.6 is 0 Å². The highest BCUT2D eigenvalue weighted by Crippen LogP contribution is 2.21. The van der Waals surface area contributed by atoms with E-state index in [1.165, 1.54) is 0 Å². The minimum atomic E-state index is -4.72. The van der Waals surface area contributed by atoms with Crippen molar-refractivity contribution in [3.63, 3.8) is 0 Å². The lowest BCUT2D eigenvalue weighted by Gasteiger charge is -2.06. The Morgan fingerprint density at radius 3 is 0.944 bits per heavy atom. The van der Waals surface area contributed by atoms with Gasteiger partial charge < -0.3 is 0 Å². The molecule has 0 fully saturated rings. The fourth-order valence-corrected chi connectivity index (χ4v) is 0.239. The fourth-order valence-electron chi connectivity index (χ4n) is 0.239. The average Bonchev–Trinajstić information content (AvgIpc) is 2.13. The molecular formula is C6H8F6N2O4. The second-order valence-corrected chi connectivity index (χ2v) is 3.01. The lowest BCUT2D eigenvalue weighted by atomic mass is 10.4. The summed E-state index contributed by atoms with van der Waals surface area (Å²) in [5, 5.41) is 18.9. The van der Waals surface area contributed by atoms with Crippen LogP contribution in [0.2, 0.25) is 0 Å². The van der Waals surface area contributed by atoms with Gasteiger partial charge in [-0.15, -0.1) is 0 Å². The summed E-state index contributed by atoms with van der Waals surface area (Å²) in [5.41, 5.74) is 0. The van der Waals surface area contributed by atoms with Gasteiger partial charge in [-0.2, -0.15) is 26.3 Å². The predicted octanol–water partition coefficient (Wildman–Crippen LogP) is 2.43. The molecule has 0 aromatic carbocycles. The van der Waals surface area contributed by atoms with Crippen LogP contribution in [0.25, 0.3) is 0 Å². The first-order chi connectivity index (χ1) is 7.71. The molecule has 0 aliphatic heterocycles. The van der Waals surface area contributed by atoms with Gasteiger partial charge in [0.1, 0.15) is 0 Å². The summed E-state index contributed by atoms with van der Waals surface area (Å²) in [7, 11) is 0. The predicted molar refractivity (Wildman–Crippen MR) is 45.0 cm³/mol. The lowest BCUT2D eigenvalue weighted by molar-refractivity contribution is -0.558. The molecule has 0 heterocycles. The SMILES string of the molecule is CC([N+](=O)[O-])C(F)(F)F.CC([N+](=O)[O-])C(F)(F)F. The maximum Gasteiger partial charge on any atom is 0.457 e. The Kier molecular flexibility index (Phi) is 6.61. The van der Waals surface area contributed by atoms with E-state index in [4.69, 9.17) is 0 Å². The van der Waals surface area contributed by atoms with E-state index >= 15 is 0 Å². The molecule has 0 saturated heterocycles. The maximum absolute atomic E-state index is 11.3. The van der Waals surface area contributed by atoms with E-state index in [-0.39, 0.29) is 0 Å². The Labute approximate surface area is 95.9 Å². The van der Waals surface area contributed by atoms with Crippen molar-refractivity contribution in [2.45, 2.75) is 38.3 Å². The van der Waals surface area contributed by atoms with Crippen molar-refractivity contribution < 1.29 is 36.2 Å². The molecule has 0 aromatic heterocycles. The molecule has 0 aromatic rings. The van der Waals surface area contributed by atoms with E-state index in [0.29, 0.717) is 13.8 Å². The van der Waals surface area contributed by atoms with Crippen LogP contribution in [0.3, 0.4) is 0 Å². The van der Waals surface area contributed by atoms with E-state index < -0.39 is 34.3 Å². The Balaban J connectivity index is 0. The topological polar surface area (TPSA) is 86.3 Å². The summed E-state index contributed by atoms with van der Waals surface area (Å²) in [6, 6.07) is -4.92. The first-order valence-electron chi connectivity index (χ1n) is 4.11. The molecule has 0 bridgehead atoms. The van der Waals surface area contributed by atoms with Gasteiger partial charge in [0.2, 0.25) is 0 Å². The molecule has 2 unspecified atom stereocenters. The van der Waals surface area contributed by atoms with Crippen molar-refractivity contribution in [2.75, 3.05) is 0 Å². The second-order valence-electron chi connectivity index (χ2n) is 3.01. The molecule has 0 spiro atoms. The molecule has 0 N–H and O–H groups in total. The molecule has 108 valence electrons. The zero-order chi connectivity index (χ0) is 15.3. The van der Waals surface area contributed by atoms with Gasteiger partial charge in [0.15, 0.2) is 0 Å². The molecule has 0 radical (unpaired) electrons. The number of alkyl halides is 6. The van der Waals surface area contributed by atoms with Gasteiger partial charge in [-0.3, -0.25) is 20.2 Å². The standard InChI is InChI=1S/2C3H4F3NO2/c2*1-2(7(8)9)3(4,5)6/h2*2H,1H3. The van der Waals surface area contributed by atoms with Gasteiger partial charge in [-0.1, -0.05) is 0 Å². The van der Waals surface area contributed by atoms with Crippen LogP contribution in [0, 0.1) is 20.2 Å². The highest BCUT2D eigenvalue weighted by molar-refractivity contribution is 4.58. The number of hydrogen-bond donors (Lipinski definition) is 0. The van der Waals surface area contributed by atoms with Gasteiger partial charge in [-0.25, -0.2) is 0 Å². The molecule has 0 aliphatic carbocycles. The minimum Gasteiger partial charge on any atom is -0.264 e. The molecule has 0 amide bonds. The Hall–Kier alpha value is -1.62. The third-order valence-corrected chi connectivity index (χ3v) is 1.58. The third-order valence-electron chi connectivity index (χ3n) is 1.58. The van der Waals surface area contributed by atoms with Crippen LogP contribution in [0.5, 0.6) is 0 Å². The van der Waals surface area contributed by atoms with Crippen molar-refractivity contribution in [3.8, 4) is 0 Å². The molecule has 0 saturated carbocycles. The first-order valence-corrected chi connectivity index (χ1v) is 4.11. The average molecular weight is 286 g/mol. The van der Waals surface area contributed by atoms with Crippen LogP contribution in [0.4, 0.5) is 26.3 Å².